The molecule has 5 rings (SSSR count). The third-order valence-corrected chi connectivity index (χ3v) is 5.11. The zero-order valence-corrected chi connectivity index (χ0v) is 15.0. The molecule has 0 bridgehead atoms. The van der Waals surface area contributed by atoms with Crippen LogP contribution < -0.4 is 16.2 Å². The lowest BCUT2D eigenvalue weighted by molar-refractivity contribution is -0.432. The van der Waals surface area contributed by atoms with E-state index in [0.717, 1.165) is 24.5 Å². The molecular formula is C21H20N5O+. The predicted molar refractivity (Wildman–Crippen MR) is 105 cm³/mol. The highest BCUT2D eigenvalue weighted by Gasteiger charge is 2.34. The summed E-state index contributed by atoms with van der Waals surface area (Å²) in [7, 11) is 0. The van der Waals surface area contributed by atoms with Crippen molar-refractivity contribution in [3.8, 4) is 0 Å². The summed E-state index contributed by atoms with van der Waals surface area (Å²) in [5, 5.41) is 6.87. The van der Waals surface area contributed by atoms with Crippen molar-refractivity contribution >= 4 is 17.6 Å². The highest BCUT2D eigenvalue weighted by Crippen LogP contribution is 2.28. The Morgan fingerprint density at radius 1 is 1.11 bits per heavy atom. The second-order valence-electron chi connectivity index (χ2n) is 6.89. The van der Waals surface area contributed by atoms with E-state index in [4.69, 9.17) is 0 Å². The van der Waals surface area contributed by atoms with Gasteiger partial charge in [0.25, 0.3) is 11.5 Å². The fraction of sp³-hybridized carbons (Fsp3) is 0.190. The summed E-state index contributed by atoms with van der Waals surface area (Å²) >= 11 is 0. The quantitative estimate of drug-likeness (QED) is 0.656. The highest BCUT2D eigenvalue weighted by atomic mass is 16.1. The molecule has 2 aliphatic rings. The summed E-state index contributed by atoms with van der Waals surface area (Å²) in [6, 6.07) is 20.0. The standard InChI is InChI=1S/C21H19N5O/c1-14-13-18(27)26-19(16-8-3-2-4-9-16)23-20(24-21(26)22-14)25-12-11-15-7-5-6-10-17(15)25/h2-10,13,19H,11-12H2,1H3,(H,22,23,24,27)/p+1/t19-/m1/s1. The van der Waals surface area contributed by atoms with Gasteiger partial charge in [0.05, 0.1) is 6.54 Å². The number of nitrogens with one attached hydrogen (secondary N) is 2. The first-order chi connectivity index (χ1) is 13.2. The predicted octanol–water partition coefficient (Wildman–Crippen LogP) is 2.37. The monoisotopic (exact) mass is 358 g/mol. The first-order valence-electron chi connectivity index (χ1n) is 9.12. The van der Waals surface area contributed by atoms with E-state index >= 15 is 0 Å². The van der Waals surface area contributed by atoms with Gasteiger partial charge in [-0.1, -0.05) is 48.5 Å². The van der Waals surface area contributed by atoms with Gasteiger partial charge in [-0.2, -0.15) is 0 Å². The normalized spacial score (nSPS) is 20.4. The minimum atomic E-state index is -0.314. The van der Waals surface area contributed by atoms with Gasteiger partial charge in [-0.05, 0) is 18.6 Å². The smallest absolute Gasteiger partial charge is 0.269 e. The molecule has 1 atom stereocenters. The number of nitrogens with zero attached hydrogens (tertiary/aromatic N) is 3. The van der Waals surface area contributed by atoms with Gasteiger partial charge in [0.15, 0.2) is 6.17 Å². The van der Waals surface area contributed by atoms with E-state index in [9.17, 15) is 4.79 Å². The lowest BCUT2D eigenvalue weighted by atomic mass is 10.1. The van der Waals surface area contributed by atoms with Crippen LogP contribution >= 0.6 is 0 Å². The molecule has 0 spiro atoms. The Balaban J connectivity index is 1.70. The van der Waals surface area contributed by atoms with Crippen molar-refractivity contribution in [1.82, 2.24) is 14.9 Å². The molecule has 3 aromatic rings. The molecule has 0 saturated carbocycles. The maximum Gasteiger partial charge on any atom is 0.360 e. The van der Waals surface area contributed by atoms with Gasteiger partial charge in [-0.15, -0.1) is 0 Å². The summed E-state index contributed by atoms with van der Waals surface area (Å²) in [5.41, 5.74) is 4.15. The molecule has 1 aromatic heterocycles. The maximum absolute atomic E-state index is 12.7. The summed E-state index contributed by atoms with van der Waals surface area (Å²) in [5.74, 6) is 1.42. The zero-order valence-electron chi connectivity index (χ0n) is 15.0. The minimum Gasteiger partial charge on any atom is -0.269 e. The Hall–Kier alpha value is -3.41. The first-order valence-corrected chi connectivity index (χ1v) is 9.12. The molecule has 0 fully saturated rings. The third-order valence-electron chi connectivity index (χ3n) is 5.11. The van der Waals surface area contributed by atoms with Crippen molar-refractivity contribution in [2.45, 2.75) is 19.5 Å². The van der Waals surface area contributed by atoms with Crippen LogP contribution in [-0.2, 0) is 6.42 Å². The molecular weight excluding hydrogens is 338 g/mol. The largest absolute Gasteiger partial charge is 0.360 e. The fourth-order valence-corrected chi connectivity index (χ4v) is 3.86. The lowest BCUT2D eigenvalue weighted by Gasteiger charge is -2.27. The Morgan fingerprint density at radius 2 is 1.89 bits per heavy atom. The van der Waals surface area contributed by atoms with Crippen molar-refractivity contribution in [2.75, 3.05) is 11.9 Å². The van der Waals surface area contributed by atoms with Gasteiger partial charge in [-0.25, -0.2) is 19.4 Å². The Morgan fingerprint density at radius 3 is 2.74 bits per heavy atom. The van der Waals surface area contributed by atoms with E-state index in [1.54, 1.807) is 10.6 Å². The topological polar surface area (TPSA) is 62.0 Å². The number of aryl methyl sites for hydroxylation is 1. The number of rotatable bonds is 1. The molecule has 6 heteroatoms. The van der Waals surface area contributed by atoms with Gasteiger partial charge >= 0.3 is 5.96 Å². The highest BCUT2D eigenvalue weighted by molar-refractivity contribution is 5.91. The number of hydrogen-bond donors (Lipinski definition) is 2. The summed E-state index contributed by atoms with van der Waals surface area (Å²) in [6.45, 7) is 2.72. The number of para-hydroxylation sites is 1. The van der Waals surface area contributed by atoms with Crippen molar-refractivity contribution in [1.29, 1.82) is 0 Å². The zero-order chi connectivity index (χ0) is 18.4. The first kappa shape index (κ1) is 15.8. The SMILES string of the molecule is Cc1cc(=O)n2c(n1)NC(=[N+]1CCc3ccccc31)N[C@H]2c1ccccc1. The van der Waals surface area contributed by atoms with Gasteiger partial charge in [-0.3, -0.25) is 10.1 Å². The summed E-state index contributed by atoms with van der Waals surface area (Å²) in [4.78, 5) is 17.3. The molecule has 2 N–H and O–H groups in total. The van der Waals surface area contributed by atoms with Crippen LogP contribution in [0.5, 0.6) is 0 Å². The molecule has 2 aromatic carbocycles. The van der Waals surface area contributed by atoms with Crippen LogP contribution in [0, 0.1) is 6.92 Å². The summed E-state index contributed by atoms with van der Waals surface area (Å²) < 4.78 is 3.90. The number of guanidine groups is 1. The molecule has 0 amide bonds. The second-order valence-corrected chi connectivity index (χ2v) is 6.89. The Labute approximate surface area is 156 Å². The lowest BCUT2D eigenvalue weighted by Crippen LogP contribution is -2.51. The van der Waals surface area contributed by atoms with Gasteiger partial charge in [0, 0.05) is 23.7 Å². The number of benzene rings is 2. The van der Waals surface area contributed by atoms with Crippen LogP contribution in [0.3, 0.4) is 0 Å². The van der Waals surface area contributed by atoms with E-state index in [1.165, 1.54) is 11.3 Å². The molecule has 3 heterocycles. The average molecular weight is 358 g/mol. The molecule has 2 aliphatic heterocycles. The number of aromatic nitrogens is 2. The maximum atomic E-state index is 12.7. The van der Waals surface area contributed by atoms with Gasteiger partial charge in [0.2, 0.25) is 0 Å². The van der Waals surface area contributed by atoms with Gasteiger partial charge < -0.3 is 0 Å². The molecule has 134 valence electrons. The van der Waals surface area contributed by atoms with E-state index in [2.05, 4.69) is 44.5 Å². The molecule has 0 unspecified atom stereocenters. The van der Waals surface area contributed by atoms with Crippen LogP contribution in [0.1, 0.15) is 23.0 Å². The molecule has 0 radical (unpaired) electrons. The number of fused-ring (bicyclic) bond motifs is 2. The average Bonchev–Trinajstić information content (AvgIpc) is 3.11. The Bertz CT molecular complexity index is 1120. The van der Waals surface area contributed by atoms with Gasteiger partial charge in [0.1, 0.15) is 5.69 Å². The third kappa shape index (κ3) is 2.61. The summed E-state index contributed by atoms with van der Waals surface area (Å²) in [6.07, 6.45) is 0.679. The minimum absolute atomic E-state index is 0.0766. The van der Waals surface area contributed by atoms with Crippen molar-refractivity contribution < 1.29 is 4.58 Å². The van der Waals surface area contributed by atoms with Crippen LogP contribution in [0.25, 0.3) is 0 Å². The number of anilines is 1. The van der Waals surface area contributed by atoms with Crippen molar-refractivity contribution in [3.05, 3.63) is 87.8 Å². The van der Waals surface area contributed by atoms with E-state index in [1.807, 2.05) is 37.3 Å². The van der Waals surface area contributed by atoms with Crippen LogP contribution in [-0.4, -0.2) is 26.6 Å². The second kappa shape index (κ2) is 6.09. The van der Waals surface area contributed by atoms with E-state index in [0.29, 0.717) is 11.6 Å². The molecule has 6 nitrogen and oxygen atoms in total. The Kier molecular flexibility index (Phi) is 3.57. The molecule has 0 saturated heterocycles. The van der Waals surface area contributed by atoms with Crippen molar-refractivity contribution in [2.24, 2.45) is 0 Å². The van der Waals surface area contributed by atoms with E-state index < -0.39 is 0 Å². The number of hydrogen-bond acceptors (Lipinski definition) is 2. The van der Waals surface area contributed by atoms with Crippen LogP contribution in [0.4, 0.5) is 11.6 Å². The van der Waals surface area contributed by atoms with Crippen LogP contribution in [0.15, 0.2) is 65.5 Å². The van der Waals surface area contributed by atoms with E-state index in [-0.39, 0.29) is 11.7 Å². The van der Waals surface area contributed by atoms with Crippen LogP contribution in [0.2, 0.25) is 0 Å². The molecule has 27 heavy (non-hydrogen) atoms. The fourth-order valence-electron chi connectivity index (χ4n) is 3.86. The van der Waals surface area contributed by atoms with Crippen molar-refractivity contribution in [3.63, 3.8) is 0 Å². The molecule has 0 aliphatic carbocycles.